The average Bonchev–Trinajstić information content (AvgIpc) is 3.78. The van der Waals surface area contributed by atoms with Crippen molar-refractivity contribution in [2.75, 3.05) is 19.9 Å². The zero-order valence-corrected chi connectivity index (χ0v) is 26.8. The molecule has 0 aliphatic carbocycles. The van der Waals surface area contributed by atoms with Crippen molar-refractivity contribution in [2.45, 2.75) is 57.8 Å². The Morgan fingerprint density at radius 3 is 2.48 bits per heavy atom. The van der Waals surface area contributed by atoms with Gasteiger partial charge in [-0.3, -0.25) is 0 Å². The molecule has 0 fully saturated rings. The molecule has 1 aliphatic heterocycles. The number of amides is 1. The molecule has 46 heavy (non-hydrogen) atoms. The van der Waals surface area contributed by atoms with Crippen LogP contribution in [0.4, 0.5) is 4.79 Å². The van der Waals surface area contributed by atoms with Crippen LogP contribution in [-0.2, 0) is 23.1 Å². The summed E-state index contributed by atoms with van der Waals surface area (Å²) in [6.07, 6.45) is 0.614. The Hall–Kier alpha value is -4.53. The van der Waals surface area contributed by atoms with Gasteiger partial charge in [0.25, 0.3) is 0 Å². The summed E-state index contributed by atoms with van der Waals surface area (Å²) in [5.74, 6) is 2.18. The molecule has 14 heteroatoms. The predicted octanol–water partition coefficient (Wildman–Crippen LogP) is 4.60. The molecule has 3 heterocycles. The lowest BCUT2D eigenvalue weighted by atomic mass is 10.0. The van der Waals surface area contributed by atoms with E-state index in [1.807, 2.05) is 27.7 Å². The Balaban J connectivity index is 1.33. The van der Waals surface area contributed by atoms with Gasteiger partial charge < -0.3 is 38.3 Å². The summed E-state index contributed by atoms with van der Waals surface area (Å²) in [5, 5.41) is 18.2. The molecule has 0 unspecified atom stereocenters. The van der Waals surface area contributed by atoms with Crippen molar-refractivity contribution in [3.8, 4) is 23.0 Å². The van der Waals surface area contributed by atoms with Gasteiger partial charge >= 0.3 is 6.09 Å². The van der Waals surface area contributed by atoms with E-state index in [0.717, 1.165) is 16.8 Å². The number of hydrogen-bond acceptors (Lipinski definition) is 11. The normalized spacial score (nSPS) is 14.0. The number of sulfonamides is 1. The fourth-order valence-electron chi connectivity index (χ4n) is 4.92. The maximum absolute atomic E-state index is 13.8. The lowest BCUT2D eigenvalue weighted by Gasteiger charge is -2.30. The summed E-state index contributed by atoms with van der Waals surface area (Å²) in [6.45, 7) is 7.53. The van der Waals surface area contributed by atoms with Gasteiger partial charge in [0.2, 0.25) is 16.8 Å². The first-order valence-corrected chi connectivity index (χ1v) is 16.2. The van der Waals surface area contributed by atoms with E-state index in [4.69, 9.17) is 27.9 Å². The molecule has 2 N–H and O–H groups in total. The Morgan fingerprint density at radius 2 is 1.80 bits per heavy atom. The highest BCUT2D eigenvalue weighted by Crippen LogP contribution is 2.35. The van der Waals surface area contributed by atoms with Crippen LogP contribution in [-0.4, -0.2) is 61.1 Å². The molecule has 5 rings (SSSR count). The first-order chi connectivity index (χ1) is 22.0. The van der Waals surface area contributed by atoms with Crippen molar-refractivity contribution in [1.82, 2.24) is 14.8 Å². The summed E-state index contributed by atoms with van der Waals surface area (Å²) in [7, 11) is -4.07. The molecule has 0 bridgehead atoms. The van der Waals surface area contributed by atoms with Crippen LogP contribution in [0.1, 0.15) is 36.4 Å². The Labute approximate surface area is 267 Å². The minimum absolute atomic E-state index is 0.000606. The highest BCUT2D eigenvalue weighted by Gasteiger charge is 2.33. The Morgan fingerprint density at radius 1 is 1.04 bits per heavy atom. The second-order valence-electron chi connectivity index (χ2n) is 11.3. The van der Waals surface area contributed by atoms with Crippen molar-refractivity contribution in [2.24, 2.45) is 5.92 Å². The summed E-state index contributed by atoms with van der Waals surface area (Å²) < 4.78 is 60.9. The molecule has 2 aromatic heterocycles. The fraction of sp³-hybridized carbons (Fsp3) is 0.375. The summed E-state index contributed by atoms with van der Waals surface area (Å²) >= 11 is 0. The minimum Gasteiger partial charge on any atom is -0.489 e. The van der Waals surface area contributed by atoms with Gasteiger partial charge in [0.05, 0.1) is 34.6 Å². The third-order valence-electron chi connectivity index (χ3n) is 7.36. The zero-order valence-electron chi connectivity index (χ0n) is 26.0. The van der Waals surface area contributed by atoms with E-state index >= 15 is 0 Å². The topological polar surface area (TPSA) is 163 Å². The van der Waals surface area contributed by atoms with Crippen LogP contribution >= 0.6 is 0 Å². The lowest BCUT2D eigenvalue weighted by molar-refractivity contribution is 0.0991. The minimum atomic E-state index is -4.07. The summed E-state index contributed by atoms with van der Waals surface area (Å²) in [4.78, 5) is 12.8. The molecule has 4 aromatic rings. The molecule has 0 radical (unpaired) electrons. The zero-order chi connectivity index (χ0) is 32.8. The number of fused-ring (bicyclic) bond motifs is 1. The number of benzene rings is 2. The van der Waals surface area contributed by atoms with E-state index in [-0.39, 0.29) is 49.5 Å². The molecule has 2 aromatic carbocycles. The van der Waals surface area contributed by atoms with E-state index in [1.165, 1.54) is 41.1 Å². The smallest absolute Gasteiger partial charge is 0.413 e. The molecule has 0 saturated heterocycles. The standard InChI is InChI=1S/C32H37N3O10S/c1-20(2)15-35(46(38,39)26-9-10-30-31(14-26)43-19-42-30)16-29(36)28(33-32(37)44-25-11-12-40-17-25)13-23-5-7-24(8-6-23)41-18-27-21(3)34-45-22(27)4/h5-12,14,17,20,28-29,36H,13,15-16,18-19H2,1-4H3,(H,33,37)/t28-,29+/m0/s1. The SMILES string of the molecule is Cc1noc(C)c1COc1ccc(C[C@H](NC(=O)Oc2ccoc2)[C@H](O)CN(CC(C)C)S(=O)(=O)c2ccc3c(c2)OCO3)cc1. The monoisotopic (exact) mass is 655 g/mol. The van der Waals surface area contributed by atoms with Crippen molar-refractivity contribution >= 4 is 16.1 Å². The second-order valence-corrected chi connectivity index (χ2v) is 13.3. The van der Waals surface area contributed by atoms with E-state index in [9.17, 15) is 18.3 Å². The maximum atomic E-state index is 13.8. The number of aryl methyl sites for hydroxylation is 2. The van der Waals surface area contributed by atoms with Crippen LogP contribution in [0.25, 0.3) is 0 Å². The number of furan rings is 1. The highest BCUT2D eigenvalue weighted by molar-refractivity contribution is 7.89. The number of aromatic nitrogens is 1. The summed E-state index contributed by atoms with van der Waals surface area (Å²) in [5.41, 5.74) is 2.38. The first kappa shape index (κ1) is 32.9. The third-order valence-corrected chi connectivity index (χ3v) is 9.19. The van der Waals surface area contributed by atoms with E-state index in [0.29, 0.717) is 23.0 Å². The molecular weight excluding hydrogens is 618 g/mol. The molecule has 1 amide bonds. The average molecular weight is 656 g/mol. The van der Waals surface area contributed by atoms with E-state index < -0.39 is 28.3 Å². The largest absolute Gasteiger partial charge is 0.489 e. The predicted molar refractivity (Wildman–Crippen MR) is 164 cm³/mol. The molecular formula is C32H37N3O10S. The van der Waals surface area contributed by atoms with Gasteiger partial charge in [-0.1, -0.05) is 31.1 Å². The van der Waals surface area contributed by atoms with Crippen molar-refractivity contribution in [3.63, 3.8) is 0 Å². The second kappa shape index (κ2) is 14.3. The van der Waals surface area contributed by atoms with Gasteiger partial charge in [-0.25, -0.2) is 13.2 Å². The van der Waals surface area contributed by atoms with Crippen molar-refractivity contribution in [3.05, 3.63) is 83.6 Å². The Bertz CT molecular complexity index is 1700. The van der Waals surface area contributed by atoms with Gasteiger partial charge in [-0.05, 0) is 56.0 Å². The van der Waals surface area contributed by atoms with E-state index in [2.05, 4.69) is 10.5 Å². The number of aliphatic hydroxyl groups excluding tert-OH is 1. The van der Waals surface area contributed by atoms with Crippen LogP contribution < -0.4 is 24.3 Å². The van der Waals surface area contributed by atoms with Gasteiger partial charge in [-0.15, -0.1) is 0 Å². The molecule has 2 atom stereocenters. The number of hydrogen-bond donors (Lipinski definition) is 2. The van der Waals surface area contributed by atoms with Crippen molar-refractivity contribution in [1.29, 1.82) is 0 Å². The third kappa shape index (κ3) is 8.00. The molecule has 13 nitrogen and oxygen atoms in total. The number of aliphatic hydroxyl groups is 1. The molecule has 246 valence electrons. The van der Waals surface area contributed by atoms with Gasteiger partial charge in [0, 0.05) is 25.2 Å². The van der Waals surface area contributed by atoms with Gasteiger partial charge in [-0.2, -0.15) is 4.31 Å². The number of ether oxygens (including phenoxy) is 4. The molecule has 0 saturated carbocycles. The van der Waals surface area contributed by atoms with Crippen LogP contribution in [0.2, 0.25) is 0 Å². The van der Waals surface area contributed by atoms with Crippen LogP contribution in [0.3, 0.4) is 0 Å². The molecule has 0 spiro atoms. The number of nitrogens with one attached hydrogen (secondary N) is 1. The van der Waals surface area contributed by atoms with Gasteiger partial charge in [0.1, 0.15) is 24.4 Å². The fourth-order valence-corrected chi connectivity index (χ4v) is 6.56. The van der Waals surface area contributed by atoms with Crippen LogP contribution in [0.5, 0.6) is 23.0 Å². The number of carbonyl (C=O) groups excluding carboxylic acids is 1. The van der Waals surface area contributed by atoms with Crippen LogP contribution in [0, 0.1) is 19.8 Å². The highest BCUT2D eigenvalue weighted by atomic mass is 32.2. The number of nitrogens with zero attached hydrogens (tertiary/aromatic N) is 2. The van der Waals surface area contributed by atoms with E-state index in [1.54, 1.807) is 24.3 Å². The lowest BCUT2D eigenvalue weighted by Crippen LogP contribution is -2.51. The quantitative estimate of drug-likeness (QED) is 0.195. The summed E-state index contributed by atoms with van der Waals surface area (Å²) in [6, 6.07) is 12.1. The van der Waals surface area contributed by atoms with Crippen LogP contribution in [0.15, 0.2) is 74.9 Å². The number of rotatable bonds is 14. The van der Waals surface area contributed by atoms with Gasteiger partial charge in [0.15, 0.2) is 17.2 Å². The number of carbonyl (C=O) groups is 1. The van der Waals surface area contributed by atoms with Crippen molar-refractivity contribution < 1.29 is 46.2 Å². The Kier molecular flexibility index (Phi) is 10.2. The first-order valence-electron chi connectivity index (χ1n) is 14.7. The molecule has 1 aliphatic rings. The maximum Gasteiger partial charge on any atom is 0.413 e.